The molecule has 0 atom stereocenters. The number of nitrogens with one attached hydrogen (secondary N) is 1. The van der Waals surface area contributed by atoms with Gasteiger partial charge in [-0.2, -0.15) is 0 Å². The topological polar surface area (TPSA) is 28.2 Å². The summed E-state index contributed by atoms with van der Waals surface area (Å²) in [7, 11) is 0. The van der Waals surface area contributed by atoms with E-state index in [1.165, 1.54) is 12.0 Å². The SMILES string of the molecule is CCNCCCN(CC)Cc1ccncc1. The average Bonchev–Trinajstić information content (AvgIpc) is 2.34. The van der Waals surface area contributed by atoms with Gasteiger partial charge in [0.25, 0.3) is 0 Å². The maximum absolute atomic E-state index is 4.04. The first kappa shape index (κ1) is 13.1. The number of aromatic nitrogens is 1. The molecule has 0 amide bonds. The van der Waals surface area contributed by atoms with Gasteiger partial charge in [0.05, 0.1) is 0 Å². The third kappa shape index (κ3) is 5.24. The van der Waals surface area contributed by atoms with Crippen molar-refractivity contribution in [3.05, 3.63) is 30.1 Å². The molecule has 0 saturated heterocycles. The lowest BCUT2D eigenvalue weighted by Crippen LogP contribution is -2.27. The fraction of sp³-hybridized carbons (Fsp3) is 0.615. The van der Waals surface area contributed by atoms with E-state index in [4.69, 9.17) is 0 Å². The molecule has 1 rings (SSSR count). The van der Waals surface area contributed by atoms with Gasteiger partial charge in [-0.1, -0.05) is 13.8 Å². The Bertz CT molecular complexity index is 261. The molecule has 0 aromatic carbocycles. The zero-order valence-corrected chi connectivity index (χ0v) is 10.4. The van der Waals surface area contributed by atoms with Gasteiger partial charge in [-0.3, -0.25) is 9.88 Å². The molecule has 0 radical (unpaired) electrons. The third-order valence-corrected chi connectivity index (χ3v) is 2.68. The highest BCUT2D eigenvalue weighted by Crippen LogP contribution is 2.03. The highest BCUT2D eigenvalue weighted by molar-refractivity contribution is 5.09. The molecule has 3 heteroatoms. The molecule has 3 nitrogen and oxygen atoms in total. The molecular weight excluding hydrogens is 198 g/mol. The summed E-state index contributed by atoms with van der Waals surface area (Å²) in [6, 6.07) is 4.18. The van der Waals surface area contributed by atoms with Crippen LogP contribution in [0.4, 0.5) is 0 Å². The number of pyridine rings is 1. The van der Waals surface area contributed by atoms with E-state index in [1.807, 2.05) is 12.4 Å². The van der Waals surface area contributed by atoms with E-state index in [0.717, 1.165) is 32.7 Å². The van der Waals surface area contributed by atoms with Crippen molar-refractivity contribution in [2.45, 2.75) is 26.8 Å². The molecule has 1 aromatic heterocycles. The van der Waals surface area contributed by atoms with Crippen molar-refractivity contribution >= 4 is 0 Å². The second-order valence-electron chi connectivity index (χ2n) is 3.93. The van der Waals surface area contributed by atoms with E-state index in [0.29, 0.717) is 0 Å². The Hall–Kier alpha value is -0.930. The summed E-state index contributed by atoms with van der Waals surface area (Å²) < 4.78 is 0. The van der Waals surface area contributed by atoms with Crippen LogP contribution in [-0.2, 0) is 6.54 Å². The second kappa shape index (κ2) is 8.25. The highest BCUT2D eigenvalue weighted by atomic mass is 15.1. The zero-order valence-electron chi connectivity index (χ0n) is 10.4. The van der Waals surface area contributed by atoms with Gasteiger partial charge in [0, 0.05) is 18.9 Å². The van der Waals surface area contributed by atoms with Crippen molar-refractivity contribution < 1.29 is 0 Å². The van der Waals surface area contributed by atoms with Gasteiger partial charge in [-0.25, -0.2) is 0 Å². The van der Waals surface area contributed by atoms with Gasteiger partial charge >= 0.3 is 0 Å². The molecule has 0 unspecified atom stereocenters. The number of rotatable bonds is 8. The molecule has 1 aromatic rings. The smallest absolute Gasteiger partial charge is 0.0271 e. The van der Waals surface area contributed by atoms with E-state index in [2.05, 4.69) is 41.2 Å². The van der Waals surface area contributed by atoms with Crippen LogP contribution in [0.1, 0.15) is 25.8 Å². The lowest BCUT2D eigenvalue weighted by molar-refractivity contribution is 0.275. The molecule has 16 heavy (non-hydrogen) atoms. The van der Waals surface area contributed by atoms with Crippen LogP contribution in [0.3, 0.4) is 0 Å². The Morgan fingerprint density at radius 3 is 2.62 bits per heavy atom. The summed E-state index contributed by atoms with van der Waals surface area (Å²) in [6.45, 7) is 9.84. The van der Waals surface area contributed by atoms with Crippen LogP contribution in [-0.4, -0.2) is 36.1 Å². The molecule has 0 saturated carbocycles. The first-order valence-electron chi connectivity index (χ1n) is 6.18. The van der Waals surface area contributed by atoms with Gasteiger partial charge in [-0.15, -0.1) is 0 Å². The standard InChI is InChI=1S/C13H23N3/c1-3-14-8-5-11-16(4-2)12-13-6-9-15-10-7-13/h6-7,9-10,14H,3-5,8,11-12H2,1-2H3. The normalized spacial score (nSPS) is 10.9. The van der Waals surface area contributed by atoms with E-state index in [-0.39, 0.29) is 0 Å². The molecule has 0 fully saturated rings. The van der Waals surface area contributed by atoms with Crippen LogP contribution in [0.15, 0.2) is 24.5 Å². The van der Waals surface area contributed by atoms with Crippen molar-refractivity contribution in [1.82, 2.24) is 15.2 Å². The monoisotopic (exact) mass is 221 g/mol. The fourth-order valence-corrected chi connectivity index (χ4v) is 1.70. The predicted octanol–water partition coefficient (Wildman–Crippen LogP) is 1.90. The Balaban J connectivity index is 2.26. The Labute approximate surface area is 98.9 Å². The maximum Gasteiger partial charge on any atom is 0.0271 e. The molecular formula is C13H23N3. The Morgan fingerprint density at radius 2 is 2.00 bits per heavy atom. The lowest BCUT2D eigenvalue weighted by Gasteiger charge is -2.20. The van der Waals surface area contributed by atoms with Crippen LogP contribution >= 0.6 is 0 Å². The largest absolute Gasteiger partial charge is 0.317 e. The van der Waals surface area contributed by atoms with Crippen molar-refractivity contribution in [1.29, 1.82) is 0 Å². The van der Waals surface area contributed by atoms with E-state index >= 15 is 0 Å². The van der Waals surface area contributed by atoms with Crippen LogP contribution in [0.25, 0.3) is 0 Å². The minimum absolute atomic E-state index is 1.03. The van der Waals surface area contributed by atoms with E-state index < -0.39 is 0 Å². The molecule has 0 aliphatic heterocycles. The molecule has 1 heterocycles. The van der Waals surface area contributed by atoms with Gasteiger partial charge in [0.2, 0.25) is 0 Å². The maximum atomic E-state index is 4.04. The average molecular weight is 221 g/mol. The predicted molar refractivity (Wildman–Crippen MR) is 68.3 cm³/mol. The van der Waals surface area contributed by atoms with Crippen LogP contribution in [0, 0.1) is 0 Å². The van der Waals surface area contributed by atoms with Crippen molar-refractivity contribution in [2.75, 3.05) is 26.2 Å². The van der Waals surface area contributed by atoms with E-state index in [9.17, 15) is 0 Å². The molecule has 0 aliphatic carbocycles. The van der Waals surface area contributed by atoms with E-state index in [1.54, 1.807) is 0 Å². The van der Waals surface area contributed by atoms with Crippen LogP contribution in [0.5, 0.6) is 0 Å². The summed E-state index contributed by atoms with van der Waals surface area (Å²) in [5.41, 5.74) is 1.35. The first-order chi connectivity index (χ1) is 7.86. The lowest BCUT2D eigenvalue weighted by atomic mass is 10.2. The van der Waals surface area contributed by atoms with Gasteiger partial charge < -0.3 is 5.32 Å². The molecule has 1 N–H and O–H groups in total. The Kier molecular flexibility index (Phi) is 6.77. The fourth-order valence-electron chi connectivity index (χ4n) is 1.70. The summed E-state index contributed by atoms with van der Waals surface area (Å²) in [5, 5.41) is 3.35. The quantitative estimate of drug-likeness (QED) is 0.680. The van der Waals surface area contributed by atoms with Gasteiger partial charge in [0.1, 0.15) is 0 Å². The number of hydrogen-bond acceptors (Lipinski definition) is 3. The third-order valence-electron chi connectivity index (χ3n) is 2.68. The summed E-state index contributed by atoms with van der Waals surface area (Å²) >= 11 is 0. The molecule has 0 aliphatic rings. The Morgan fingerprint density at radius 1 is 1.25 bits per heavy atom. The highest BCUT2D eigenvalue weighted by Gasteiger charge is 2.02. The van der Waals surface area contributed by atoms with Crippen molar-refractivity contribution in [3.8, 4) is 0 Å². The van der Waals surface area contributed by atoms with Gasteiger partial charge in [0.15, 0.2) is 0 Å². The number of nitrogens with zero attached hydrogens (tertiary/aromatic N) is 2. The summed E-state index contributed by atoms with van der Waals surface area (Å²) in [4.78, 5) is 6.50. The van der Waals surface area contributed by atoms with Crippen LogP contribution < -0.4 is 5.32 Å². The summed E-state index contributed by atoms with van der Waals surface area (Å²) in [6.07, 6.45) is 4.94. The first-order valence-corrected chi connectivity index (χ1v) is 6.18. The minimum Gasteiger partial charge on any atom is -0.317 e. The van der Waals surface area contributed by atoms with Crippen molar-refractivity contribution in [3.63, 3.8) is 0 Å². The van der Waals surface area contributed by atoms with Gasteiger partial charge in [-0.05, 0) is 50.3 Å². The van der Waals surface area contributed by atoms with Crippen molar-refractivity contribution in [2.24, 2.45) is 0 Å². The second-order valence-corrected chi connectivity index (χ2v) is 3.93. The van der Waals surface area contributed by atoms with Crippen LogP contribution in [0.2, 0.25) is 0 Å². The summed E-state index contributed by atoms with van der Waals surface area (Å²) in [5.74, 6) is 0. The molecule has 0 bridgehead atoms. The minimum atomic E-state index is 1.03. The number of hydrogen-bond donors (Lipinski definition) is 1. The molecule has 90 valence electrons. The molecule has 0 spiro atoms. The zero-order chi connectivity index (χ0) is 11.6.